The molecular weight excluding hydrogens is 234 g/mol. The Bertz CT molecular complexity index is 296. The molecule has 1 rings (SSSR count). The molecule has 0 aromatic rings. The molecule has 104 valence electrons. The van der Waals surface area contributed by atoms with Crippen molar-refractivity contribution in [2.45, 2.75) is 19.3 Å². The van der Waals surface area contributed by atoms with Gasteiger partial charge in [-0.25, -0.2) is 4.79 Å². The van der Waals surface area contributed by atoms with Gasteiger partial charge in [0.05, 0.1) is 0 Å². The van der Waals surface area contributed by atoms with E-state index in [1.54, 1.807) is 11.9 Å². The molecule has 0 aliphatic carbocycles. The molecule has 0 bridgehead atoms. The number of carbonyl (C=O) groups excluding carboxylic acids is 1. The second kappa shape index (κ2) is 7.20. The third-order valence-corrected chi connectivity index (χ3v) is 3.21. The van der Waals surface area contributed by atoms with Gasteiger partial charge >= 0.3 is 12.0 Å². The second-order valence-electron chi connectivity index (χ2n) is 5.03. The first-order chi connectivity index (χ1) is 8.49. The summed E-state index contributed by atoms with van der Waals surface area (Å²) in [4.78, 5) is 26.0. The average molecular weight is 257 g/mol. The van der Waals surface area contributed by atoms with Crippen LogP contribution in [0.15, 0.2) is 0 Å². The second-order valence-corrected chi connectivity index (χ2v) is 5.03. The monoisotopic (exact) mass is 257 g/mol. The van der Waals surface area contributed by atoms with Crippen molar-refractivity contribution >= 4 is 12.0 Å². The van der Waals surface area contributed by atoms with E-state index in [0.717, 1.165) is 26.1 Å². The fourth-order valence-corrected chi connectivity index (χ4v) is 2.22. The Morgan fingerprint density at radius 3 is 2.78 bits per heavy atom. The first kappa shape index (κ1) is 14.8. The molecule has 0 saturated carbocycles. The molecule has 6 heteroatoms. The highest BCUT2D eigenvalue weighted by atomic mass is 16.4. The minimum Gasteiger partial charge on any atom is -0.481 e. The normalized spacial score (nSPS) is 19.8. The van der Waals surface area contributed by atoms with Gasteiger partial charge in [0, 0.05) is 33.1 Å². The van der Waals surface area contributed by atoms with Gasteiger partial charge in [-0.15, -0.1) is 0 Å². The van der Waals surface area contributed by atoms with Crippen LogP contribution in [0.4, 0.5) is 4.79 Å². The Hall–Kier alpha value is -1.30. The van der Waals surface area contributed by atoms with Crippen molar-refractivity contribution in [3.63, 3.8) is 0 Å². The van der Waals surface area contributed by atoms with E-state index in [2.05, 4.69) is 17.3 Å². The smallest absolute Gasteiger partial charge is 0.317 e. The van der Waals surface area contributed by atoms with Gasteiger partial charge in [0.1, 0.15) is 0 Å². The molecule has 0 aromatic carbocycles. The fraction of sp³-hybridized carbons (Fsp3) is 0.833. The van der Waals surface area contributed by atoms with Crippen molar-refractivity contribution < 1.29 is 14.7 Å². The lowest BCUT2D eigenvalue weighted by molar-refractivity contribution is -0.137. The highest BCUT2D eigenvalue weighted by molar-refractivity contribution is 5.73. The van der Waals surface area contributed by atoms with Gasteiger partial charge in [-0.05, 0) is 32.4 Å². The van der Waals surface area contributed by atoms with Crippen LogP contribution in [0.1, 0.15) is 19.3 Å². The summed E-state index contributed by atoms with van der Waals surface area (Å²) in [5.41, 5.74) is 0. The number of carbonyl (C=O) groups is 2. The number of hydrogen-bond donors (Lipinski definition) is 2. The van der Waals surface area contributed by atoms with Gasteiger partial charge in [-0.2, -0.15) is 0 Å². The average Bonchev–Trinajstić information content (AvgIpc) is 2.69. The summed E-state index contributed by atoms with van der Waals surface area (Å²) in [6, 6.07) is -0.116. The Kier molecular flexibility index (Phi) is 5.91. The molecular formula is C12H23N3O3. The molecule has 2 amide bonds. The summed E-state index contributed by atoms with van der Waals surface area (Å²) in [5, 5.41) is 11.2. The fourth-order valence-electron chi connectivity index (χ4n) is 2.22. The molecule has 2 N–H and O–H groups in total. The predicted octanol–water partition coefficient (Wildman–Crippen LogP) is 0.444. The zero-order chi connectivity index (χ0) is 13.5. The van der Waals surface area contributed by atoms with Crippen molar-refractivity contribution in [2.24, 2.45) is 5.92 Å². The van der Waals surface area contributed by atoms with Crippen molar-refractivity contribution in [2.75, 3.05) is 40.3 Å². The number of aliphatic carboxylic acids is 1. The van der Waals surface area contributed by atoms with Gasteiger partial charge in [-0.3, -0.25) is 4.79 Å². The minimum atomic E-state index is -0.827. The van der Waals surface area contributed by atoms with E-state index >= 15 is 0 Å². The van der Waals surface area contributed by atoms with Gasteiger partial charge in [0.15, 0.2) is 0 Å². The minimum absolute atomic E-state index is 0.0947. The van der Waals surface area contributed by atoms with E-state index in [9.17, 15) is 9.59 Å². The maximum absolute atomic E-state index is 11.7. The number of carboxylic acid groups (broad SMARTS) is 1. The number of hydrogen-bond acceptors (Lipinski definition) is 3. The molecule has 1 aliphatic heterocycles. The van der Waals surface area contributed by atoms with E-state index in [1.165, 1.54) is 0 Å². The number of nitrogens with one attached hydrogen (secondary N) is 1. The van der Waals surface area contributed by atoms with Gasteiger partial charge in [0.2, 0.25) is 0 Å². The number of likely N-dealkylation sites (tertiary alicyclic amines) is 1. The van der Waals surface area contributed by atoms with Crippen LogP contribution < -0.4 is 5.32 Å². The highest BCUT2D eigenvalue weighted by Gasteiger charge is 2.22. The van der Waals surface area contributed by atoms with Crippen molar-refractivity contribution in [3.8, 4) is 0 Å². The van der Waals surface area contributed by atoms with Crippen molar-refractivity contribution in [1.82, 2.24) is 15.1 Å². The lowest BCUT2D eigenvalue weighted by Crippen LogP contribution is -2.40. The van der Waals surface area contributed by atoms with E-state index in [4.69, 9.17) is 5.11 Å². The topological polar surface area (TPSA) is 72.9 Å². The van der Waals surface area contributed by atoms with E-state index in [0.29, 0.717) is 18.9 Å². The number of rotatable bonds is 6. The molecule has 18 heavy (non-hydrogen) atoms. The molecule has 1 aliphatic rings. The zero-order valence-corrected chi connectivity index (χ0v) is 11.2. The number of urea groups is 1. The van der Waals surface area contributed by atoms with Gasteiger partial charge < -0.3 is 20.2 Å². The molecule has 1 unspecified atom stereocenters. The van der Waals surface area contributed by atoms with Crippen LogP contribution in [-0.2, 0) is 4.79 Å². The van der Waals surface area contributed by atoms with Gasteiger partial charge in [-0.1, -0.05) is 0 Å². The maximum atomic E-state index is 11.7. The predicted molar refractivity (Wildman–Crippen MR) is 68.5 cm³/mol. The van der Waals surface area contributed by atoms with Crippen LogP contribution in [0, 0.1) is 5.92 Å². The number of nitrogens with zero attached hydrogens (tertiary/aromatic N) is 2. The standard InChI is InChI=1S/C12H23N3O3/c1-14-7-5-10(8-14)9-15(2)12(18)13-6-3-4-11(16)17/h10H,3-9H2,1-2H3,(H,13,18)(H,16,17). The highest BCUT2D eigenvalue weighted by Crippen LogP contribution is 2.14. The summed E-state index contributed by atoms with van der Waals surface area (Å²) in [6.07, 6.45) is 1.70. The summed E-state index contributed by atoms with van der Waals surface area (Å²) in [6.45, 7) is 3.31. The Labute approximate surface area is 108 Å². The lowest BCUT2D eigenvalue weighted by atomic mass is 10.1. The quantitative estimate of drug-likeness (QED) is 0.677. The Morgan fingerprint density at radius 1 is 1.50 bits per heavy atom. The molecule has 1 atom stereocenters. The van der Waals surface area contributed by atoms with Crippen molar-refractivity contribution in [3.05, 3.63) is 0 Å². The van der Waals surface area contributed by atoms with E-state index in [-0.39, 0.29) is 12.5 Å². The van der Waals surface area contributed by atoms with E-state index < -0.39 is 5.97 Å². The molecule has 6 nitrogen and oxygen atoms in total. The molecule has 0 radical (unpaired) electrons. The number of carboxylic acids is 1. The molecule has 1 fully saturated rings. The Morgan fingerprint density at radius 2 is 2.22 bits per heavy atom. The summed E-state index contributed by atoms with van der Waals surface area (Å²) in [7, 11) is 3.87. The van der Waals surface area contributed by atoms with Crippen LogP contribution >= 0.6 is 0 Å². The van der Waals surface area contributed by atoms with Crippen molar-refractivity contribution in [1.29, 1.82) is 0 Å². The molecule has 1 saturated heterocycles. The van der Waals surface area contributed by atoms with Crippen LogP contribution in [0.3, 0.4) is 0 Å². The van der Waals surface area contributed by atoms with Crippen LogP contribution in [0.25, 0.3) is 0 Å². The molecule has 1 heterocycles. The van der Waals surface area contributed by atoms with Crippen LogP contribution in [0.5, 0.6) is 0 Å². The first-order valence-corrected chi connectivity index (χ1v) is 6.38. The van der Waals surface area contributed by atoms with Gasteiger partial charge in [0.25, 0.3) is 0 Å². The van der Waals surface area contributed by atoms with Crippen LogP contribution in [0.2, 0.25) is 0 Å². The summed E-state index contributed by atoms with van der Waals surface area (Å²) < 4.78 is 0. The third kappa shape index (κ3) is 5.35. The number of amides is 2. The largest absolute Gasteiger partial charge is 0.481 e. The SMILES string of the molecule is CN1CCC(CN(C)C(=O)NCCCC(=O)O)C1. The van der Waals surface area contributed by atoms with E-state index in [1.807, 2.05) is 0 Å². The molecule has 0 aromatic heterocycles. The third-order valence-electron chi connectivity index (χ3n) is 3.21. The summed E-state index contributed by atoms with van der Waals surface area (Å²) >= 11 is 0. The molecule has 0 spiro atoms. The van der Waals surface area contributed by atoms with Crippen LogP contribution in [-0.4, -0.2) is 67.2 Å². The summed E-state index contributed by atoms with van der Waals surface area (Å²) in [5.74, 6) is -0.281. The zero-order valence-electron chi connectivity index (χ0n) is 11.2. The Balaban J connectivity index is 2.14. The first-order valence-electron chi connectivity index (χ1n) is 6.38. The maximum Gasteiger partial charge on any atom is 0.317 e. The lowest BCUT2D eigenvalue weighted by Gasteiger charge is -2.21.